The summed E-state index contributed by atoms with van der Waals surface area (Å²) in [6.45, 7) is 0. The van der Waals surface area contributed by atoms with Gasteiger partial charge in [-0.2, -0.15) is 0 Å². The zero-order valence-electron chi connectivity index (χ0n) is 13.4. The number of hydrogen-bond acceptors (Lipinski definition) is 3. The lowest BCUT2D eigenvalue weighted by atomic mass is 10.2. The standard InChI is InChI=1S/C18H16ClFN2O3/c1-25-12-5-2-10(3-6-12)21-17(23)13-9-14(13)18(24)22-11-4-7-16(20)15(19)8-11/h2-8,13-14H,9H2,1H3,(H,21,23)(H,22,24). The van der Waals surface area contributed by atoms with Crippen molar-refractivity contribution in [3.8, 4) is 5.75 Å². The summed E-state index contributed by atoms with van der Waals surface area (Å²) in [4.78, 5) is 24.4. The van der Waals surface area contributed by atoms with Gasteiger partial charge in [0.2, 0.25) is 11.8 Å². The van der Waals surface area contributed by atoms with Crippen molar-refractivity contribution in [1.82, 2.24) is 0 Å². The number of carbonyl (C=O) groups excluding carboxylic acids is 2. The molecule has 2 atom stereocenters. The molecule has 1 aliphatic carbocycles. The van der Waals surface area contributed by atoms with E-state index in [2.05, 4.69) is 10.6 Å². The van der Waals surface area contributed by atoms with Crippen LogP contribution in [0, 0.1) is 17.7 Å². The highest BCUT2D eigenvalue weighted by Gasteiger charge is 2.48. The van der Waals surface area contributed by atoms with Crippen LogP contribution in [-0.2, 0) is 9.59 Å². The first kappa shape index (κ1) is 17.2. The highest BCUT2D eigenvalue weighted by Crippen LogP contribution is 2.40. The Morgan fingerprint density at radius 3 is 2.16 bits per heavy atom. The predicted molar refractivity (Wildman–Crippen MR) is 93.3 cm³/mol. The first-order chi connectivity index (χ1) is 12.0. The summed E-state index contributed by atoms with van der Waals surface area (Å²) >= 11 is 5.68. The minimum atomic E-state index is -0.553. The molecule has 2 unspecified atom stereocenters. The lowest BCUT2D eigenvalue weighted by Gasteiger charge is -2.07. The minimum Gasteiger partial charge on any atom is -0.497 e. The Morgan fingerprint density at radius 1 is 1.04 bits per heavy atom. The second kappa shape index (κ2) is 7.11. The van der Waals surface area contributed by atoms with Crippen LogP contribution in [-0.4, -0.2) is 18.9 Å². The van der Waals surface area contributed by atoms with Gasteiger partial charge in [0.25, 0.3) is 0 Å². The van der Waals surface area contributed by atoms with Gasteiger partial charge in [-0.3, -0.25) is 9.59 Å². The molecule has 0 aromatic heterocycles. The van der Waals surface area contributed by atoms with Crippen LogP contribution >= 0.6 is 11.6 Å². The molecular formula is C18H16ClFN2O3. The fourth-order valence-electron chi connectivity index (χ4n) is 2.49. The van der Waals surface area contributed by atoms with Crippen molar-refractivity contribution in [3.05, 3.63) is 53.3 Å². The molecule has 0 heterocycles. The normalized spacial score (nSPS) is 18.4. The van der Waals surface area contributed by atoms with Crippen LogP contribution in [0.5, 0.6) is 5.75 Å². The van der Waals surface area contributed by atoms with Crippen LogP contribution in [0.1, 0.15) is 6.42 Å². The molecule has 25 heavy (non-hydrogen) atoms. The lowest BCUT2D eigenvalue weighted by Crippen LogP contribution is -2.20. The molecule has 3 rings (SSSR count). The molecule has 1 saturated carbocycles. The molecule has 2 aromatic carbocycles. The Bertz CT molecular complexity index is 810. The maximum atomic E-state index is 13.1. The number of benzene rings is 2. The van der Waals surface area contributed by atoms with E-state index in [-0.39, 0.29) is 22.8 Å². The first-order valence-electron chi connectivity index (χ1n) is 7.69. The molecule has 5 nitrogen and oxygen atoms in total. The van der Waals surface area contributed by atoms with Crippen LogP contribution in [0.15, 0.2) is 42.5 Å². The van der Waals surface area contributed by atoms with E-state index in [1.807, 2.05) is 0 Å². The molecule has 0 aliphatic heterocycles. The fraction of sp³-hybridized carbons (Fsp3) is 0.222. The number of methoxy groups -OCH3 is 1. The molecule has 0 radical (unpaired) electrons. The van der Waals surface area contributed by atoms with E-state index in [0.717, 1.165) is 0 Å². The van der Waals surface area contributed by atoms with Crippen molar-refractivity contribution in [1.29, 1.82) is 0 Å². The largest absolute Gasteiger partial charge is 0.497 e. The van der Waals surface area contributed by atoms with E-state index < -0.39 is 11.7 Å². The van der Waals surface area contributed by atoms with Crippen LogP contribution in [0.2, 0.25) is 5.02 Å². The second-order valence-corrected chi connectivity index (χ2v) is 6.19. The number of rotatable bonds is 5. The average Bonchev–Trinajstić information content (AvgIpc) is 3.40. The number of anilines is 2. The number of amides is 2. The monoisotopic (exact) mass is 362 g/mol. The second-order valence-electron chi connectivity index (χ2n) is 5.78. The Labute approximate surface area is 149 Å². The topological polar surface area (TPSA) is 67.4 Å². The van der Waals surface area contributed by atoms with Gasteiger partial charge in [-0.15, -0.1) is 0 Å². The molecule has 1 aliphatic rings. The minimum absolute atomic E-state index is 0.0672. The molecule has 0 spiro atoms. The van der Waals surface area contributed by atoms with Gasteiger partial charge in [0.1, 0.15) is 11.6 Å². The molecular weight excluding hydrogens is 347 g/mol. The zero-order valence-corrected chi connectivity index (χ0v) is 14.1. The summed E-state index contributed by atoms with van der Waals surface area (Å²) in [7, 11) is 1.56. The van der Waals surface area contributed by atoms with Crippen molar-refractivity contribution in [3.63, 3.8) is 0 Å². The van der Waals surface area contributed by atoms with Crippen molar-refractivity contribution in [2.24, 2.45) is 11.8 Å². The number of halogens is 2. The highest BCUT2D eigenvalue weighted by atomic mass is 35.5. The summed E-state index contributed by atoms with van der Waals surface area (Å²) in [5.74, 6) is -1.12. The highest BCUT2D eigenvalue weighted by molar-refractivity contribution is 6.31. The van der Waals surface area contributed by atoms with Gasteiger partial charge in [-0.05, 0) is 48.9 Å². The van der Waals surface area contributed by atoms with E-state index in [1.54, 1.807) is 31.4 Å². The molecule has 2 N–H and O–H groups in total. The fourth-order valence-corrected chi connectivity index (χ4v) is 2.67. The number of ether oxygens (including phenoxy) is 1. The third-order valence-electron chi connectivity index (χ3n) is 4.01. The third-order valence-corrected chi connectivity index (χ3v) is 4.30. The predicted octanol–water partition coefficient (Wildman–Crippen LogP) is 3.70. The molecule has 130 valence electrons. The quantitative estimate of drug-likeness (QED) is 0.852. The van der Waals surface area contributed by atoms with E-state index in [9.17, 15) is 14.0 Å². The Morgan fingerprint density at radius 2 is 1.60 bits per heavy atom. The number of hydrogen-bond donors (Lipinski definition) is 2. The smallest absolute Gasteiger partial charge is 0.228 e. The first-order valence-corrected chi connectivity index (χ1v) is 8.06. The summed E-state index contributed by atoms with van der Waals surface area (Å²) in [6.07, 6.45) is 0.475. The van der Waals surface area contributed by atoms with Gasteiger partial charge in [0.05, 0.1) is 24.0 Å². The van der Waals surface area contributed by atoms with E-state index >= 15 is 0 Å². The maximum absolute atomic E-state index is 13.1. The molecule has 2 aromatic rings. The Kier molecular flexibility index (Phi) is 4.90. The maximum Gasteiger partial charge on any atom is 0.228 e. The zero-order chi connectivity index (χ0) is 18.0. The van der Waals surface area contributed by atoms with Crippen molar-refractivity contribution in [2.45, 2.75) is 6.42 Å². The SMILES string of the molecule is COc1ccc(NC(=O)C2CC2C(=O)Nc2ccc(F)c(Cl)c2)cc1. The summed E-state index contributed by atoms with van der Waals surface area (Å²) in [5.41, 5.74) is 1.04. The van der Waals surface area contributed by atoms with Gasteiger partial charge in [-0.1, -0.05) is 11.6 Å². The molecule has 0 saturated heterocycles. The van der Waals surface area contributed by atoms with Crippen molar-refractivity contribution in [2.75, 3.05) is 17.7 Å². The van der Waals surface area contributed by atoms with Crippen LogP contribution in [0.3, 0.4) is 0 Å². The van der Waals surface area contributed by atoms with Crippen LogP contribution < -0.4 is 15.4 Å². The molecule has 7 heteroatoms. The van der Waals surface area contributed by atoms with E-state index in [1.165, 1.54) is 18.2 Å². The third kappa shape index (κ3) is 4.09. The van der Waals surface area contributed by atoms with Gasteiger partial charge in [0, 0.05) is 11.4 Å². The van der Waals surface area contributed by atoms with Gasteiger partial charge in [0.15, 0.2) is 0 Å². The number of nitrogens with one attached hydrogen (secondary N) is 2. The Balaban J connectivity index is 1.54. The van der Waals surface area contributed by atoms with Crippen molar-refractivity contribution >= 4 is 34.8 Å². The summed E-state index contributed by atoms with van der Waals surface area (Å²) in [5, 5.41) is 5.36. The van der Waals surface area contributed by atoms with Crippen LogP contribution in [0.4, 0.5) is 15.8 Å². The van der Waals surface area contributed by atoms with E-state index in [4.69, 9.17) is 16.3 Å². The number of carbonyl (C=O) groups is 2. The van der Waals surface area contributed by atoms with Gasteiger partial charge in [-0.25, -0.2) is 4.39 Å². The van der Waals surface area contributed by atoms with Crippen molar-refractivity contribution < 1.29 is 18.7 Å². The lowest BCUT2D eigenvalue weighted by molar-refractivity contribution is -0.122. The van der Waals surface area contributed by atoms with E-state index in [0.29, 0.717) is 23.5 Å². The summed E-state index contributed by atoms with van der Waals surface area (Å²) < 4.78 is 18.2. The average molecular weight is 363 g/mol. The Hall–Kier alpha value is -2.60. The molecule has 2 amide bonds. The van der Waals surface area contributed by atoms with Gasteiger partial charge >= 0.3 is 0 Å². The molecule has 1 fully saturated rings. The van der Waals surface area contributed by atoms with Crippen LogP contribution in [0.25, 0.3) is 0 Å². The van der Waals surface area contributed by atoms with Gasteiger partial charge < -0.3 is 15.4 Å². The molecule has 0 bridgehead atoms. The summed E-state index contributed by atoms with van der Waals surface area (Å²) in [6, 6.07) is 10.9.